The van der Waals surface area contributed by atoms with Crippen LogP contribution in [0.1, 0.15) is 26.2 Å². The van der Waals surface area contributed by atoms with Crippen molar-refractivity contribution >= 4 is 41.5 Å². The van der Waals surface area contributed by atoms with Crippen molar-refractivity contribution in [2.75, 3.05) is 51.7 Å². The van der Waals surface area contributed by atoms with Gasteiger partial charge in [-0.25, -0.2) is 0 Å². The molecule has 27 heavy (non-hydrogen) atoms. The van der Waals surface area contributed by atoms with E-state index < -0.39 is 0 Å². The molecule has 3 N–H and O–H groups in total. The Morgan fingerprint density at radius 1 is 1.19 bits per heavy atom. The van der Waals surface area contributed by atoms with Crippen molar-refractivity contribution in [1.29, 1.82) is 0 Å². The largest absolute Gasteiger partial charge is 0.492 e. The molecule has 2 rings (SSSR count). The third-order valence-corrected chi connectivity index (χ3v) is 4.21. The molecule has 1 aliphatic heterocycles. The summed E-state index contributed by atoms with van der Waals surface area (Å²) in [6.45, 7) is 7.00. The summed E-state index contributed by atoms with van der Waals surface area (Å²) in [5, 5.41) is 9.34. The zero-order valence-electron chi connectivity index (χ0n) is 16.3. The molecule has 0 atom stereocenters. The molecular weight excluding hydrogens is 457 g/mol. The van der Waals surface area contributed by atoms with Crippen LogP contribution >= 0.6 is 24.0 Å². The number of likely N-dealkylation sites (tertiary alicyclic amines) is 1. The van der Waals surface area contributed by atoms with Gasteiger partial charge >= 0.3 is 0 Å². The van der Waals surface area contributed by atoms with E-state index in [0.717, 1.165) is 30.5 Å². The highest BCUT2D eigenvalue weighted by atomic mass is 127. The fourth-order valence-corrected chi connectivity index (χ4v) is 2.94. The Morgan fingerprint density at radius 2 is 1.93 bits per heavy atom. The molecule has 1 aliphatic rings. The highest BCUT2D eigenvalue weighted by molar-refractivity contribution is 14.0. The Kier molecular flexibility index (Phi) is 11.8. The number of piperidine rings is 1. The maximum atomic E-state index is 11.1. The number of hydrogen-bond donors (Lipinski definition) is 3. The van der Waals surface area contributed by atoms with E-state index in [2.05, 4.69) is 25.8 Å². The van der Waals surface area contributed by atoms with E-state index in [9.17, 15) is 4.79 Å². The second-order valence-electron chi connectivity index (χ2n) is 6.39. The molecule has 0 aromatic heterocycles. The molecule has 1 saturated heterocycles. The first-order valence-corrected chi connectivity index (χ1v) is 9.34. The number of aliphatic imine (C=N–C) groups is 1. The number of hydrogen-bond acceptors (Lipinski definition) is 4. The Hall–Kier alpha value is -1.55. The number of anilines is 1. The third kappa shape index (κ3) is 9.81. The van der Waals surface area contributed by atoms with Gasteiger partial charge in [-0.2, -0.15) is 0 Å². The molecular formula is C19H32IN5O2. The molecule has 0 radical (unpaired) electrons. The average Bonchev–Trinajstić information content (AvgIpc) is 2.64. The minimum absolute atomic E-state index is 0. The zero-order chi connectivity index (χ0) is 18.6. The van der Waals surface area contributed by atoms with Gasteiger partial charge in [0.05, 0.1) is 6.54 Å². The number of ether oxygens (including phenoxy) is 1. The summed E-state index contributed by atoms with van der Waals surface area (Å²) < 4.78 is 5.72. The number of rotatable bonds is 8. The standard InChI is InChI=1S/C19H31N5O2.HI/c1-16(25)23-17-7-6-8-18(15-17)26-14-10-22-19(20-2)21-9-13-24-11-4-3-5-12-24;/h6-8,15H,3-5,9-14H2,1-2H3,(H,23,25)(H2,20,21,22);1H. The lowest BCUT2D eigenvalue weighted by molar-refractivity contribution is -0.114. The molecule has 8 heteroatoms. The van der Waals surface area contributed by atoms with E-state index in [1.165, 1.54) is 39.3 Å². The summed E-state index contributed by atoms with van der Waals surface area (Å²) in [5.74, 6) is 1.42. The molecule has 1 amide bonds. The van der Waals surface area contributed by atoms with Crippen molar-refractivity contribution in [1.82, 2.24) is 15.5 Å². The van der Waals surface area contributed by atoms with Gasteiger partial charge in [-0.05, 0) is 38.1 Å². The monoisotopic (exact) mass is 489 g/mol. The van der Waals surface area contributed by atoms with Crippen molar-refractivity contribution in [2.24, 2.45) is 4.99 Å². The summed E-state index contributed by atoms with van der Waals surface area (Å²) in [4.78, 5) is 17.8. The topological polar surface area (TPSA) is 78.0 Å². The first-order chi connectivity index (χ1) is 12.7. The van der Waals surface area contributed by atoms with Gasteiger partial charge in [0.15, 0.2) is 5.96 Å². The van der Waals surface area contributed by atoms with E-state index in [0.29, 0.717) is 13.2 Å². The summed E-state index contributed by atoms with van der Waals surface area (Å²) >= 11 is 0. The lowest BCUT2D eigenvalue weighted by Gasteiger charge is -2.26. The normalized spacial score (nSPS) is 14.8. The minimum atomic E-state index is -0.0942. The van der Waals surface area contributed by atoms with Crippen molar-refractivity contribution < 1.29 is 9.53 Å². The highest BCUT2D eigenvalue weighted by Gasteiger charge is 2.09. The van der Waals surface area contributed by atoms with Gasteiger partial charge in [0.2, 0.25) is 5.91 Å². The number of nitrogens with one attached hydrogen (secondary N) is 3. The zero-order valence-corrected chi connectivity index (χ0v) is 18.6. The van der Waals surface area contributed by atoms with Crippen LogP contribution in [0.4, 0.5) is 5.69 Å². The van der Waals surface area contributed by atoms with E-state index in [1.807, 2.05) is 24.3 Å². The molecule has 1 aromatic rings. The van der Waals surface area contributed by atoms with Crippen LogP contribution in [0.3, 0.4) is 0 Å². The molecule has 1 fully saturated rings. The van der Waals surface area contributed by atoms with Gasteiger partial charge in [0, 0.05) is 38.8 Å². The summed E-state index contributed by atoms with van der Waals surface area (Å²) in [6, 6.07) is 7.37. The average molecular weight is 489 g/mol. The van der Waals surface area contributed by atoms with Crippen LogP contribution in [0.2, 0.25) is 0 Å². The lowest BCUT2D eigenvalue weighted by atomic mass is 10.1. The van der Waals surface area contributed by atoms with Gasteiger partial charge in [0.1, 0.15) is 12.4 Å². The van der Waals surface area contributed by atoms with E-state index in [-0.39, 0.29) is 29.9 Å². The summed E-state index contributed by atoms with van der Waals surface area (Å²) in [7, 11) is 1.77. The second kappa shape index (κ2) is 13.6. The maximum Gasteiger partial charge on any atom is 0.221 e. The number of benzene rings is 1. The Labute approximate surface area is 179 Å². The Morgan fingerprint density at radius 3 is 2.63 bits per heavy atom. The fraction of sp³-hybridized carbons (Fsp3) is 0.579. The lowest BCUT2D eigenvalue weighted by Crippen LogP contribution is -2.43. The predicted octanol–water partition coefficient (Wildman–Crippen LogP) is 2.29. The van der Waals surface area contributed by atoms with E-state index >= 15 is 0 Å². The van der Waals surface area contributed by atoms with Gasteiger partial charge < -0.3 is 25.6 Å². The highest BCUT2D eigenvalue weighted by Crippen LogP contribution is 2.17. The Bertz CT molecular complexity index is 591. The van der Waals surface area contributed by atoms with Crippen LogP contribution in [0.25, 0.3) is 0 Å². The van der Waals surface area contributed by atoms with Gasteiger partial charge in [0.25, 0.3) is 0 Å². The quantitative estimate of drug-likeness (QED) is 0.226. The number of halogens is 1. The van der Waals surface area contributed by atoms with Gasteiger partial charge in [-0.15, -0.1) is 24.0 Å². The number of carbonyl (C=O) groups is 1. The van der Waals surface area contributed by atoms with Crippen molar-refractivity contribution in [3.63, 3.8) is 0 Å². The number of carbonyl (C=O) groups excluding carboxylic acids is 1. The molecule has 152 valence electrons. The van der Waals surface area contributed by atoms with E-state index in [1.54, 1.807) is 7.05 Å². The van der Waals surface area contributed by atoms with Crippen molar-refractivity contribution in [3.8, 4) is 5.75 Å². The number of amides is 1. The van der Waals surface area contributed by atoms with Gasteiger partial charge in [-0.1, -0.05) is 12.5 Å². The van der Waals surface area contributed by atoms with Crippen LogP contribution in [-0.2, 0) is 4.79 Å². The van der Waals surface area contributed by atoms with Crippen molar-refractivity contribution in [3.05, 3.63) is 24.3 Å². The second-order valence-corrected chi connectivity index (χ2v) is 6.39. The smallest absolute Gasteiger partial charge is 0.221 e. The molecule has 0 bridgehead atoms. The van der Waals surface area contributed by atoms with E-state index in [4.69, 9.17) is 4.74 Å². The predicted molar refractivity (Wildman–Crippen MR) is 121 cm³/mol. The number of nitrogens with zero attached hydrogens (tertiary/aromatic N) is 2. The molecule has 0 aliphatic carbocycles. The van der Waals surface area contributed by atoms with Crippen LogP contribution in [0.5, 0.6) is 5.75 Å². The maximum absolute atomic E-state index is 11.1. The molecule has 0 unspecified atom stereocenters. The molecule has 1 heterocycles. The SMILES string of the molecule is CN=C(NCCOc1cccc(NC(C)=O)c1)NCCN1CCCCC1.I. The summed E-state index contributed by atoms with van der Waals surface area (Å²) in [6.07, 6.45) is 3.99. The van der Waals surface area contributed by atoms with Crippen LogP contribution < -0.4 is 20.7 Å². The van der Waals surface area contributed by atoms with Crippen LogP contribution in [-0.4, -0.2) is 63.1 Å². The first-order valence-electron chi connectivity index (χ1n) is 9.34. The van der Waals surface area contributed by atoms with Gasteiger partial charge in [-0.3, -0.25) is 9.79 Å². The summed E-state index contributed by atoms with van der Waals surface area (Å²) in [5.41, 5.74) is 0.734. The van der Waals surface area contributed by atoms with Crippen LogP contribution in [0, 0.1) is 0 Å². The van der Waals surface area contributed by atoms with Crippen molar-refractivity contribution in [2.45, 2.75) is 26.2 Å². The minimum Gasteiger partial charge on any atom is -0.492 e. The molecule has 0 spiro atoms. The fourth-order valence-electron chi connectivity index (χ4n) is 2.94. The molecule has 0 saturated carbocycles. The Balaban J connectivity index is 0.00000364. The molecule has 1 aromatic carbocycles. The number of guanidine groups is 1. The first kappa shape index (κ1) is 23.5. The third-order valence-electron chi connectivity index (χ3n) is 4.21. The van der Waals surface area contributed by atoms with Crippen LogP contribution in [0.15, 0.2) is 29.3 Å². The molecule has 7 nitrogen and oxygen atoms in total.